The molecule has 6 heteroatoms. The van der Waals surface area contributed by atoms with Crippen LogP contribution in [-0.4, -0.2) is 55.1 Å². The number of aryl methyl sites for hydroxylation is 1. The Hall–Kier alpha value is -1.40. The Kier molecular flexibility index (Phi) is 4.59. The lowest BCUT2D eigenvalue weighted by molar-refractivity contribution is -0.169. The number of nitrogens with zero attached hydrogens (tertiary/aromatic N) is 4. The lowest BCUT2D eigenvalue weighted by Crippen LogP contribution is -2.45. The van der Waals surface area contributed by atoms with Crippen LogP contribution in [0.25, 0.3) is 0 Å². The highest BCUT2D eigenvalue weighted by atomic mass is 16.7. The van der Waals surface area contributed by atoms with Gasteiger partial charge in [-0.25, -0.2) is 4.98 Å². The van der Waals surface area contributed by atoms with Crippen LogP contribution in [0.5, 0.6) is 0 Å². The van der Waals surface area contributed by atoms with Gasteiger partial charge in [-0.2, -0.15) is 4.98 Å². The highest BCUT2D eigenvalue weighted by Crippen LogP contribution is 2.32. The molecule has 1 aromatic rings. The predicted molar refractivity (Wildman–Crippen MR) is 93.5 cm³/mol. The zero-order chi connectivity index (χ0) is 16.4. The van der Waals surface area contributed by atoms with Gasteiger partial charge < -0.3 is 19.3 Å². The second-order valence-corrected chi connectivity index (χ2v) is 7.16. The number of piperidine rings is 1. The molecule has 6 nitrogen and oxygen atoms in total. The first-order valence-corrected chi connectivity index (χ1v) is 9.38. The van der Waals surface area contributed by atoms with Gasteiger partial charge in [0.25, 0.3) is 0 Å². The van der Waals surface area contributed by atoms with Gasteiger partial charge in [0.2, 0.25) is 5.95 Å². The number of ether oxygens (including phenoxy) is 2. The third-order valence-electron chi connectivity index (χ3n) is 5.38. The van der Waals surface area contributed by atoms with Gasteiger partial charge >= 0.3 is 0 Å². The largest absolute Gasteiger partial charge is 0.356 e. The van der Waals surface area contributed by atoms with Crippen molar-refractivity contribution in [3.8, 4) is 0 Å². The molecule has 0 N–H and O–H groups in total. The van der Waals surface area contributed by atoms with E-state index in [0.29, 0.717) is 0 Å². The minimum atomic E-state index is -0.339. The van der Waals surface area contributed by atoms with Gasteiger partial charge in [-0.15, -0.1) is 0 Å². The van der Waals surface area contributed by atoms with Crippen LogP contribution >= 0.6 is 0 Å². The Labute approximate surface area is 144 Å². The van der Waals surface area contributed by atoms with Gasteiger partial charge in [-0.3, -0.25) is 0 Å². The maximum atomic E-state index is 5.82. The fraction of sp³-hybridized carbons (Fsp3) is 0.778. The molecule has 3 saturated heterocycles. The zero-order valence-electron chi connectivity index (χ0n) is 14.7. The number of hydrogen-bond acceptors (Lipinski definition) is 6. The molecule has 3 aliphatic rings. The third kappa shape index (κ3) is 3.35. The second-order valence-electron chi connectivity index (χ2n) is 7.16. The number of aromatic nitrogens is 2. The standard InChI is InChI=1S/C18H28N4O2/c1-15-14-16(21-8-4-2-3-5-9-21)20-17(19-15)22-10-6-18(7-11-22)23-12-13-24-18/h14H,2-13H2,1H3. The number of anilines is 2. The minimum Gasteiger partial charge on any atom is -0.356 e. The van der Waals surface area contributed by atoms with Crippen LogP contribution in [0.15, 0.2) is 6.07 Å². The van der Waals surface area contributed by atoms with Crippen molar-refractivity contribution in [3.05, 3.63) is 11.8 Å². The molecular weight excluding hydrogens is 304 g/mol. The van der Waals surface area contributed by atoms with E-state index in [-0.39, 0.29) is 5.79 Å². The van der Waals surface area contributed by atoms with Gasteiger partial charge in [-0.1, -0.05) is 12.8 Å². The molecule has 0 atom stereocenters. The third-order valence-corrected chi connectivity index (χ3v) is 5.38. The molecule has 1 spiro atoms. The molecule has 24 heavy (non-hydrogen) atoms. The Morgan fingerprint density at radius 2 is 1.54 bits per heavy atom. The van der Waals surface area contributed by atoms with E-state index in [0.717, 1.165) is 69.7 Å². The van der Waals surface area contributed by atoms with Crippen molar-refractivity contribution < 1.29 is 9.47 Å². The minimum absolute atomic E-state index is 0.339. The van der Waals surface area contributed by atoms with E-state index >= 15 is 0 Å². The summed E-state index contributed by atoms with van der Waals surface area (Å²) in [5, 5.41) is 0. The molecule has 132 valence electrons. The van der Waals surface area contributed by atoms with Gasteiger partial charge in [-0.05, 0) is 19.8 Å². The van der Waals surface area contributed by atoms with Crippen LogP contribution in [0.3, 0.4) is 0 Å². The smallest absolute Gasteiger partial charge is 0.227 e. The van der Waals surface area contributed by atoms with Gasteiger partial charge in [0.1, 0.15) is 5.82 Å². The quantitative estimate of drug-likeness (QED) is 0.829. The van der Waals surface area contributed by atoms with Crippen molar-refractivity contribution in [2.45, 2.75) is 51.2 Å². The van der Waals surface area contributed by atoms with Crippen molar-refractivity contribution in [3.63, 3.8) is 0 Å². The zero-order valence-corrected chi connectivity index (χ0v) is 14.7. The summed E-state index contributed by atoms with van der Waals surface area (Å²) in [5.74, 6) is 1.61. The molecule has 1 aromatic heterocycles. The van der Waals surface area contributed by atoms with Gasteiger partial charge in [0, 0.05) is 50.8 Å². The van der Waals surface area contributed by atoms with Crippen molar-refractivity contribution in [1.29, 1.82) is 0 Å². The molecule has 3 aliphatic heterocycles. The average Bonchev–Trinajstić information content (AvgIpc) is 2.87. The summed E-state index contributed by atoms with van der Waals surface area (Å²) in [6.07, 6.45) is 6.98. The summed E-state index contributed by atoms with van der Waals surface area (Å²) in [6, 6.07) is 2.13. The fourth-order valence-electron chi connectivity index (χ4n) is 3.97. The molecule has 0 aliphatic carbocycles. The van der Waals surface area contributed by atoms with Crippen LogP contribution in [0, 0.1) is 6.92 Å². The van der Waals surface area contributed by atoms with Crippen LogP contribution in [0.2, 0.25) is 0 Å². The molecule has 4 rings (SSSR count). The SMILES string of the molecule is Cc1cc(N2CCCCCC2)nc(N2CCC3(CC2)OCCO3)n1. The molecule has 0 saturated carbocycles. The Bertz CT molecular complexity index is 556. The first-order chi connectivity index (χ1) is 11.7. The Morgan fingerprint density at radius 1 is 0.875 bits per heavy atom. The van der Waals surface area contributed by atoms with Crippen LogP contribution in [0.4, 0.5) is 11.8 Å². The highest BCUT2D eigenvalue weighted by molar-refractivity contribution is 5.46. The van der Waals surface area contributed by atoms with Crippen LogP contribution < -0.4 is 9.80 Å². The Balaban J connectivity index is 1.49. The van der Waals surface area contributed by atoms with E-state index in [2.05, 4.69) is 22.8 Å². The molecule has 3 fully saturated rings. The molecular formula is C18H28N4O2. The normalized spacial score (nSPS) is 24.4. The van der Waals surface area contributed by atoms with Gasteiger partial charge in [0.15, 0.2) is 5.79 Å². The topological polar surface area (TPSA) is 50.7 Å². The predicted octanol–water partition coefficient (Wildman–Crippen LogP) is 2.51. The summed E-state index contributed by atoms with van der Waals surface area (Å²) in [6.45, 7) is 7.52. The fourth-order valence-corrected chi connectivity index (χ4v) is 3.97. The molecule has 0 bridgehead atoms. The summed E-state index contributed by atoms with van der Waals surface area (Å²) in [5.41, 5.74) is 1.05. The van der Waals surface area contributed by atoms with E-state index in [9.17, 15) is 0 Å². The first kappa shape index (κ1) is 16.1. The van der Waals surface area contributed by atoms with Crippen molar-refractivity contribution in [1.82, 2.24) is 9.97 Å². The Morgan fingerprint density at radius 3 is 2.21 bits per heavy atom. The van der Waals surface area contributed by atoms with Crippen molar-refractivity contribution in [2.75, 3.05) is 49.2 Å². The number of hydrogen-bond donors (Lipinski definition) is 0. The molecule has 0 amide bonds. The number of rotatable bonds is 2. The summed E-state index contributed by atoms with van der Waals surface area (Å²) < 4.78 is 11.6. The summed E-state index contributed by atoms with van der Waals surface area (Å²) in [7, 11) is 0. The second kappa shape index (κ2) is 6.84. The van der Waals surface area contributed by atoms with Crippen LogP contribution in [-0.2, 0) is 9.47 Å². The van der Waals surface area contributed by atoms with E-state index in [1.165, 1.54) is 25.7 Å². The summed E-state index contributed by atoms with van der Waals surface area (Å²) in [4.78, 5) is 14.3. The maximum Gasteiger partial charge on any atom is 0.227 e. The first-order valence-electron chi connectivity index (χ1n) is 9.38. The van der Waals surface area contributed by atoms with E-state index in [1.807, 2.05) is 0 Å². The summed E-state index contributed by atoms with van der Waals surface area (Å²) >= 11 is 0. The molecule has 0 aromatic carbocycles. The van der Waals surface area contributed by atoms with E-state index in [4.69, 9.17) is 19.4 Å². The van der Waals surface area contributed by atoms with Gasteiger partial charge in [0.05, 0.1) is 13.2 Å². The van der Waals surface area contributed by atoms with E-state index < -0.39 is 0 Å². The van der Waals surface area contributed by atoms with Crippen molar-refractivity contribution >= 4 is 11.8 Å². The lowest BCUT2D eigenvalue weighted by atomic mass is 10.0. The van der Waals surface area contributed by atoms with Crippen LogP contribution in [0.1, 0.15) is 44.2 Å². The molecule has 0 unspecified atom stereocenters. The molecule has 4 heterocycles. The monoisotopic (exact) mass is 332 g/mol. The highest BCUT2D eigenvalue weighted by Gasteiger charge is 2.40. The lowest BCUT2D eigenvalue weighted by Gasteiger charge is -2.37. The van der Waals surface area contributed by atoms with Crippen molar-refractivity contribution in [2.24, 2.45) is 0 Å². The maximum absolute atomic E-state index is 5.82. The molecule has 0 radical (unpaired) electrons. The van der Waals surface area contributed by atoms with E-state index in [1.54, 1.807) is 0 Å². The average molecular weight is 332 g/mol.